The fourth-order valence-corrected chi connectivity index (χ4v) is 2.94. The van der Waals surface area contributed by atoms with Gasteiger partial charge in [0.05, 0.1) is 23.1 Å². The molecule has 104 valence electrons. The maximum atomic E-state index is 5.87. The van der Waals surface area contributed by atoms with Crippen LogP contribution in [-0.4, -0.2) is 14.5 Å². The number of benzene rings is 1. The van der Waals surface area contributed by atoms with E-state index < -0.39 is 0 Å². The summed E-state index contributed by atoms with van der Waals surface area (Å²) in [5.74, 6) is 1.08. The van der Waals surface area contributed by atoms with E-state index in [9.17, 15) is 0 Å². The summed E-state index contributed by atoms with van der Waals surface area (Å²) in [6, 6.07) is 5.92. The van der Waals surface area contributed by atoms with E-state index in [1.165, 1.54) is 4.88 Å². The molecule has 3 rings (SSSR count). The highest BCUT2D eigenvalue weighted by molar-refractivity contribution is 7.09. The van der Waals surface area contributed by atoms with Crippen molar-refractivity contribution in [2.24, 2.45) is 0 Å². The summed E-state index contributed by atoms with van der Waals surface area (Å²) in [6.45, 7) is 7.35. The van der Waals surface area contributed by atoms with Crippen LogP contribution < -0.4 is 5.73 Å². The van der Waals surface area contributed by atoms with Crippen LogP contribution >= 0.6 is 11.3 Å². The van der Waals surface area contributed by atoms with Gasteiger partial charge in [-0.1, -0.05) is 20.8 Å². The second kappa shape index (κ2) is 4.59. The Kier molecular flexibility index (Phi) is 3.01. The molecule has 2 aromatic heterocycles. The quantitative estimate of drug-likeness (QED) is 0.734. The number of rotatable bonds is 2. The van der Waals surface area contributed by atoms with Crippen LogP contribution in [-0.2, 0) is 12.0 Å². The molecule has 0 aliphatic heterocycles. The van der Waals surface area contributed by atoms with E-state index in [1.54, 1.807) is 11.3 Å². The molecule has 0 spiro atoms. The van der Waals surface area contributed by atoms with Crippen molar-refractivity contribution in [2.75, 3.05) is 5.73 Å². The van der Waals surface area contributed by atoms with E-state index >= 15 is 0 Å². The van der Waals surface area contributed by atoms with Gasteiger partial charge in [0.2, 0.25) is 0 Å². The van der Waals surface area contributed by atoms with Crippen molar-refractivity contribution in [3.8, 4) is 0 Å². The molecule has 0 amide bonds. The summed E-state index contributed by atoms with van der Waals surface area (Å²) >= 11 is 1.67. The number of fused-ring (bicyclic) bond motifs is 1. The van der Waals surface area contributed by atoms with Gasteiger partial charge in [-0.15, -0.1) is 11.3 Å². The van der Waals surface area contributed by atoms with Gasteiger partial charge in [0.25, 0.3) is 0 Å². The summed E-state index contributed by atoms with van der Waals surface area (Å²) in [6.07, 6.45) is 1.92. The Morgan fingerprint density at radius 1 is 1.30 bits per heavy atom. The van der Waals surface area contributed by atoms with E-state index in [0.29, 0.717) is 0 Å². The van der Waals surface area contributed by atoms with E-state index in [4.69, 9.17) is 10.7 Å². The number of hydrogen-bond acceptors (Lipinski definition) is 4. The lowest BCUT2D eigenvalue weighted by molar-refractivity contribution is 0.517. The molecular formula is C15H18N4S. The van der Waals surface area contributed by atoms with Crippen LogP contribution in [0.3, 0.4) is 0 Å². The van der Waals surface area contributed by atoms with Crippen molar-refractivity contribution in [3.63, 3.8) is 0 Å². The first-order chi connectivity index (χ1) is 9.45. The molecule has 0 fully saturated rings. The van der Waals surface area contributed by atoms with Crippen molar-refractivity contribution >= 4 is 28.1 Å². The summed E-state index contributed by atoms with van der Waals surface area (Å²) in [4.78, 5) is 10.2. The van der Waals surface area contributed by atoms with E-state index in [1.807, 2.05) is 29.9 Å². The molecule has 0 saturated heterocycles. The fraction of sp³-hybridized carbons (Fsp3) is 0.333. The molecule has 0 saturated carbocycles. The topological polar surface area (TPSA) is 56.7 Å². The SMILES string of the molecule is CC(C)(C)c1nc2cc(N)ccc2n1Cc1cncs1. The monoisotopic (exact) mass is 286 g/mol. The summed E-state index contributed by atoms with van der Waals surface area (Å²) in [5, 5.41) is 0. The van der Waals surface area contributed by atoms with Crippen LogP contribution in [0.2, 0.25) is 0 Å². The maximum absolute atomic E-state index is 5.87. The molecule has 20 heavy (non-hydrogen) atoms. The van der Waals surface area contributed by atoms with Gasteiger partial charge in [-0.2, -0.15) is 0 Å². The zero-order valence-corrected chi connectivity index (χ0v) is 12.7. The van der Waals surface area contributed by atoms with Gasteiger partial charge in [-0.3, -0.25) is 4.98 Å². The van der Waals surface area contributed by atoms with E-state index in [2.05, 4.69) is 30.3 Å². The number of hydrogen-bond donors (Lipinski definition) is 1. The van der Waals surface area contributed by atoms with E-state index in [0.717, 1.165) is 29.1 Å². The first-order valence-electron chi connectivity index (χ1n) is 6.59. The minimum Gasteiger partial charge on any atom is -0.399 e. The standard InChI is InChI=1S/C15H18N4S/c1-15(2,3)14-18-12-6-10(16)4-5-13(12)19(14)8-11-7-17-9-20-11/h4-7,9H,8,16H2,1-3H3. The lowest BCUT2D eigenvalue weighted by Gasteiger charge is -2.19. The highest BCUT2D eigenvalue weighted by Gasteiger charge is 2.23. The third kappa shape index (κ3) is 2.29. The van der Waals surface area contributed by atoms with Crippen LogP contribution in [0.1, 0.15) is 31.5 Å². The Labute approximate surface area is 122 Å². The number of thiazole rings is 1. The second-order valence-electron chi connectivity index (χ2n) is 5.99. The minimum absolute atomic E-state index is 0.0154. The zero-order valence-electron chi connectivity index (χ0n) is 11.9. The Bertz CT molecular complexity index is 735. The summed E-state index contributed by atoms with van der Waals surface area (Å²) < 4.78 is 2.27. The number of nitrogen functional groups attached to an aromatic ring is 1. The van der Waals surface area contributed by atoms with Crippen molar-refractivity contribution < 1.29 is 0 Å². The minimum atomic E-state index is -0.0154. The van der Waals surface area contributed by atoms with Gasteiger partial charge in [0.1, 0.15) is 5.82 Å². The van der Waals surface area contributed by atoms with Gasteiger partial charge in [0, 0.05) is 22.2 Å². The molecular weight excluding hydrogens is 268 g/mol. The summed E-state index contributed by atoms with van der Waals surface area (Å²) in [5.41, 5.74) is 10.6. The number of nitrogens with zero attached hydrogens (tertiary/aromatic N) is 3. The Balaban J connectivity index is 2.20. The molecule has 0 unspecified atom stereocenters. The highest BCUT2D eigenvalue weighted by Crippen LogP contribution is 2.28. The second-order valence-corrected chi connectivity index (χ2v) is 6.96. The molecule has 4 nitrogen and oxygen atoms in total. The normalized spacial score (nSPS) is 12.2. The van der Waals surface area contributed by atoms with Gasteiger partial charge in [0.15, 0.2) is 0 Å². The number of anilines is 1. The van der Waals surface area contributed by atoms with Gasteiger partial charge >= 0.3 is 0 Å². The molecule has 1 aromatic carbocycles. The zero-order chi connectivity index (χ0) is 14.3. The molecule has 0 atom stereocenters. The Hall–Kier alpha value is -1.88. The molecule has 2 N–H and O–H groups in total. The molecule has 5 heteroatoms. The predicted octanol–water partition coefficient (Wildman–Crippen LogP) is 3.42. The average Bonchev–Trinajstić information content (AvgIpc) is 2.97. The molecule has 3 aromatic rings. The lowest BCUT2D eigenvalue weighted by atomic mass is 9.95. The predicted molar refractivity (Wildman–Crippen MR) is 84.1 cm³/mol. The third-order valence-corrected chi connectivity index (χ3v) is 4.00. The molecule has 0 radical (unpaired) electrons. The van der Waals surface area contributed by atoms with Crippen LogP contribution in [0.5, 0.6) is 0 Å². The number of nitrogens with two attached hydrogens (primary N) is 1. The molecule has 2 heterocycles. The van der Waals surface area contributed by atoms with Crippen LogP contribution in [0.25, 0.3) is 11.0 Å². The fourth-order valence-electron chi connectivity index (χ4n) is 2.36. The molecule has 0 bridgehead atoms. The maximum Gasteiger partial charge on any atom is 0.115 e. The van der Waals surface area contributed by atoms with Crippen LogP contribution in [0.15, 0.2) is 29.9 Å². The Morgan fingerprint density at radius 2 is 2.10 bits per heavy atom. The first kappa shape index (κ1) is 13.1. The van der Waals surface area contributed by atoms with Crippen molar-refractivity contribution in [2.45, 2.75) is 32.7 Å². The van der Waals surface area contributed by atoms with Crippen molar-refractivity contribution in [3.05, 3.63) is 40.6 Å². The third-order valence-electron chi connectivity index (χ3n) is 3.24. The van der Waals surface area contributed by atoms with E-state index in [-0.39, 0.29) is 5.41 Å². The highest BCUT2D eigenvalue weighted by atomic mass is 32.1. The molecule has 0 aliphatic rings. The first-order valence-corrected chi connectivity index (χ1v) is 7.47. The molecule has 0 aliphatic carbocycles. The summed E-state index contributed by atoms with van der Waals surface area (Å²) in [7, 11) is 0. The Morgan fingerprint density at radius 3 is 2.75 bits per heavy atom. The smallest absolute Gasteiger partial charge is 0.115 e. The largest absolute Gasteiger partial charge is 0.399 e. The lowest BCUT2D eigenvalue weighted by Crippen LogP contribution is -2.19. The average molecular weight is 286 g/mol. The van der Waals surface area contributed by atoms with Gasteiger partial charge in [-0.25, -0.2) is 4.98 Å². The number of aromatic nitrogens is 3. The van der Waals surface area contributed by atoms with Crippen LogP contribution in [0, 0.1) is 0 Å². The number of imidazole rings is 1. The van der Waals surface area contributed by atoms with Crippen molar-refractivity contribution in [1.29, 1.82) is 0 Å². The van der Waals surface area contributed by atoms with Gasteiger partial charge in [-0.05, 0) is 18.2 Å². The van der Waals surface area contributed by atoms with Crippen molar-refractivity contribution in [1.82, 2.24) is 14.5 Å². The van der Waals surface area contributed by atoms with Crippen LogP contribution in [0.4, 0.5) is 5.69 Å². The van der Waals surface area contributed by atoms with Gasteiger partial charge < -0.3 is 10.3 Å².